The maximum absolute atomic E-state index is 12.8. The molecule has 6 heteroatoms. The Bertz CT molecular complexity index is 721. The van der Waals surface area contributed by atoms with E-state index in [2.05, 4.69) is 16.9 Å². The second-order valence-electron chi connectivity index (χ2n) is 5.66. The molecular formula is C16H21N3O2S. The third-order valence-electron chi connectivity index (χ3n) is 4.08. The van der Waals surface area contributed by atoms with E-state index in [1.807, 2.05) is 16.7 Å². The molecule has 0 radical (unpaired) electrons. The van der Waals surface area contributed by atoms with E-state index in [-0.39, 0.29) is 11.6 Å². The summed E-state index contributed by atoms with van der Waals surface area (Å²) in [7, 11) is 0. The van der Waals surface area contributed by atoms with E-state index in [1.165, 1.54) is 12.8 Å². The highest BCUT2D eigenvalue weighted by molar-refractivity contribution is 7.99. The molecular weight excluding hydrogens is 298 g/mol. The summed E-state index contributed by atoms with van der Waals surface area (Å²) in [6.07, 6.45) is 3.44. The SMILES string of the molecule is CCS[C@H]1CCCCN(C(=O)c2ccc3[nH]c(=O)[nH]c3c2)C1. The van der Waals surface area contributed by atoms with Crippen molar-refractivity contribution in [3.63, 3.8) is 0 Å². The fourth-order valence-electron chi connectivity index (χ4n) is 3.01. The van der Waals surface area contributed by atoms with Crippen molar-refractivity contribution in [1.82, 2.24) is 14.9 Å². The topological polar surface area (TPSA) is 69.0 Å². The Hall–Kier alpha value is -1.69. The van der Waals surface area contributed by atoms with E-state index >= 15 is 0 Å². The number of hydrogen-bond acceptors (Lipinski definition) is 3. The first-order valence-corrected chi connectivity index (χ1v) is 8.85. The molecule has 1 saturated heterocycles. The number of carbonyl (C=O) groups excluding carboxylic acids is 1. The summed E-state index contributed by atoms with van der Waals surface area (Å²) in [6.45, 7) is 3.80. The molecule has 1 fully saturated rings. The third-order valence-corrected chi connectivity index (χ3v) is 5.27. The highest BCUT2D eigenvalue weighted by Crippen LogP contribution is 2.23. The smallest absolute Gasteiger partial charge is 0.323 e. The van der Waals surface area contributed by atoms with E-state index in [0.717, 1.165) is 30.8 Å². The highest BCUT2D eigenvalue weighted by Gasteiger charge is 2.23. The molecule has 5 nitrogen and oxygen atoms in total. The zero-order valence-electron chi connectivity index (χ0n) is 12.7. The van der Waals surface area contributed by atoms with Gasteiger partial charge in [0.1, 0.15) is 0 Å². The molecule has 0 saturated carbocycles. The Kier molecular flexibility index (Phi) is 4.57. The van der Waals surface area contributed by atoms with Gasteiger partial charge in [0.15, 0.2) is 0 Å². The van der Waals surface area contributed by atoms with Crippen molar-refractivity contribution in [1.29, 1.82) is 0 Å². The number of imidazole rings is 1. The van der Waals surface area contributed by atoms with E-state index in [4.69, 9.17) is 0 Å². The van der Waals surface area contributed by atoms with Gasteiger partial charge in [-0.15, -0.1) is 0 Å². The van der Waals surface area contributed by atoms with Gasteiger partial charge in [-0.2, -0.15) is 11.8 Å². The zero-order chi connectivity index (χ0) is 15.5. The normalized spacial score (nSPS) is 19.3. The van der Waals surface area contributed by atoms with Gasteiger partial charge in [0.25, 0.3) is 5.91 Å². The first kappa shape index (κ1) is 15.2. The summed E-state index contributed by atoms with van der Waals surface area (Å²) < 4.78 is 0. The second-order valence-corrected chi connectivity index (χ2v) is 7.24. The van der Waals surface area contributed by atoms with Crippen LogP contribution in [0.3, 0.4) is 0 Å². The van der Waals surface area contributed by atoms with Gasteiger partial charge in [0.2, 0.25) is 0 Å². The molecule has 22 heavy (non-hydrogen) atoms. The summed E-state index contributed by atoms with van der Waals surface area (Å²) in [6, 6.07) is 5.35. The summed E-state index contributed by atoms with van der Waals surface area (Å²) in [5.41, 5.74) is 1.82. The van der Waals surface area contributed by atoms with E-state index in [1.54, 1.807) is 18.2 Å². The van der Waals surface area contributed by atoms with Gasteiger partial charge in [-0.05, 0) is 36.8 Å². The van der Waals surface area contributed by atoms with E-state index in [0.29, 0.717) is 16.3 Å². The molecule has 0 aliphatic carbocycles. The Balaban J connectivity index is 1.82. The summed E-state index contributed by atoms with van der Waals surface area (Å²) in [4.78, 5) is 31.5. The Morgan fingerprint density at radius 3 is 2.95 bits per heavy atom. The first-order chi connectivity index (χ1) is 10.7. The summed E-state index contributed by atoms with van der Waals surface area (Å²) in [5.74, 6) is 1.15. The van der Waals surface area contributed by atoms with Crippen molar-refractivity contribution in [2.75, 3.05) is 18.8 Å². The van der Waals surface area contributed by atoms with Crippen molar-refractivity contribution in [3.8, 4) is 0 Å². The number of aromatic amines is 2. The van der Waals surface area contributed by atoms with Crippen molar-refractivity contribution >= 4 is 28.7 Å². The maximum atomic E-state index is 12.8. The lowest BCUT2D eigenvalue weighted by Crippen LogP contribution is -2.35. The number of thioether (sulfide) groups is 1. The highest BCUT2D eigenvalue weighted by atomic mass is 32.2. The number of hydrogen-bond donors (Lipinski definition) is 2. The van der Waals surface area contributed by atoms with Crippen LogP contribution in [0.5, 0.6) is 0 Å². The molecule has 3 rings (SSSR count). The van der Waals surface area contributed by atoms with Crippen LogP contribution in [-0.4, -0.2) is 44.9 Å². The van der Waals surface area contributed by atoms with Crippen LogP contribution in [0, 0.1) is 0 Å². The number of likely N-dealkylation sites (tertiary alicyclic amines) is 1. The number of benzene rings is 1. The number of H-pyrrole nitrogens is 2. The minimum absolute atomic E-state index is 0.0625. The second kappa shape index (κ2) is 6.60. The van der Waals surface area contributed by atoms with Gasteiger partial charge < -0.3 is 14.9 Å². The molecule has 1 aliphatic heterocycles. The molecule has 0 bridgehead atoms. The number of nitrogens with zero attached hydrogens (tertiary/aromatic N) is 1. The molecule has 0 spiro atoms. The molecule has 1 atom stereocenters. The molecule has 2 aromatic rings. The molecule has 1 aromatic heterocycles. The number of rotatable bonds is 3. The standard InChI is InChI=1S/C16H21N3O2S/c1-2-22-12-5-3-4-8-19(10-12)15(20)11-6-7-13-14(9-11)18-16(21)17-13/h6-7,9,12H,2-5,8,10H2,1H3,(H2,17,18,21)/t12-/m0/s1. The molecule has 0 unspecified atom stereocenters. The molecule has 2 heterocycles. The van der Waals surface area contributed by atoms with Crippen LogP contribution >= 0.6 is 11.8 Å². The van der Waals surface area contributed by atoms with Gasteiger partial charge in [-0.1, -0.05) is 13.3 Å². The minimum atomic E-state index is -0.242. The lowest BCUT2D eigenvalue weighted by Gasteiger charge is -2.24. The summed E-state index contributed by atoms with van der Waals surface area (Å²) in [5, 5.41) is 0.534. The van der Waals surface area contributed by atoms with Gasteiger partial charge in [-0.3, -0.25) is 4.79 Å². The Labute approximate surface area is 133 Å². The van der Waals surface area contributed by atoms with Gasteiger partial charge in [0.05, 0.1) is 11.0 Å². The lowest BCUT2D eigenvalue weighted by molar-refractivity contribution is 0.0763. The Morgan fingerprint density at radius 2 is 2.14 bits per heavy atom. The number of nitrogens with one attached hydrogen (secondary N) is 2. The summed E-state index contributed by atoms with van der Waals surface area (Å²) >= 11 is 1.94. The quantitative estimate of drug-likeness (QED) is 0.913. The van der Waals surface area contributed by atoms with Crippen LogP contribution in [0.25, 0.3) is 11.0 Å². The molecule has 1 aliphatic rings. The number of amides is 1. The average Bonchev–Trinajstić information content (AvgIpc) is 2.72. The maximum Gasteiger partial charge on any atom is 0.323 e. The third kappa shape index (κ3) is 3.21. The fourth-order valence-corrected chi connectivity index (χ4v) is 4.10. The minimum Gasteiger partial charge on any atom is -0.338 e. The van der Waals surface area contributed by atoms with Crippen molar-refractivity contribution < 1.29 is 4.79 Å². The van der Waals surface area contributed by atoms with Crippen molar-refractivity contribution in [3.05, 3.63) is 34.2 Å². The zero-order valence-corrected chi connectivity index (χ0v) is 13.5. The lowest BCUT2D eigenvalue weighted by atomic mass is 10.1. The monoisotopic (exact) mass is 319 g/mol. The fraction of sp³-hybridized carbons (Fsp3) is 0.500. The largest absolute Gasteiger partial charge is 0.338 e. The number of aromatic nitrogens is 2. The van der Waals surface area contributed by atoms with Gasteiger partial charge >= 0.3 is 5.69 Å². The number of fused-ring (bicyclic) bond motifs is 1. The van der Waals surface area contributed by atoms with Crippen LogP contribution < -0.4 is 5.69 Å². The van der Waals surface area contributed by atoms with Crippen molar-refractivity contribution in [2.24, 2.45) is 0 Å². The Morgan fingerprint density at radius 1 is 1.32 bits per heavy atom. The van der Waals surface area contributed by atoms with E-state index < -0.39 is 0 Å². The predicted molar refractivity (Wildman–Crippen MR) is 90.6 cm³/mol. The first-order valence-electron chi connectivity index (χ1n) is 7.80. The predicted octanol–water partition coefficient (Wildman–Crippen LogP) is 2.60. The number of carbonyl (C=O) groups is 1. The molecule has 2 N–H and O–H groups in total. The van der Waals surface area contributed by atoms with Crippen molar-refractivity contribution in [2.45, 2.75) is 31.4 Å². The molecule has 1 aromatic carbocycles. The van der Waals surface area contributed by atoms with Crippen LogP contribution in [0.4, 0.5) is 0 Å². The van der Waals surface area contributed by atoms with E-state index in [9.17, 15) is 9.59 Å². The van der Waals surface area contributed by atoms with Crippen LogP contribution in [0.15, 0.2) is 23.0 Å². The van der Waals surface area contributed by atoms with Gasteiger partial charge in [0, 0.05) is 23.9 Å². The van der Waals surface area contributed by atoms with Crippen LogP contribution in [0.2, 0.25) is 0 Å². The molecule has 118 valence electrons. The molecule has 1 amide bonds. The van der Waals surface area contributed by atoms with Gasteiger partial charge in [-0.25, -0.2) is 4.79 Å². The van der Waals surface area contributed by atoms with Crippen LogP contribution in [0.1, 0.15) is 36.5 Å². The average molecular weight is 319 g/mol. The van der Waals surface area contributed by atoms with Crippen LogP contribution in [-0.2, 0) is 0 Å².